The lowest BCUT2D eigenvalue weighted by atomic mass is 9.81. The Morgan fingerprint density at radius 1 is 1.05 bits per heavy atom. The molecule has 1 amide bonds. The Kier molecular flexibility index (Phi) is 15.3. The van der Waals surface area contributed by atoms with Crippen LogP contribution in [0.1, 0.15) is 100 Å². The van der Waals surface area contributed by atoms with Crippen molar-refractivity contribution in [2.75, 3.05) is 20.8 Å². The largest absolute Gasteiger partial charge is 0.340 e. The molecule has 3 aromatic rings. The lowest BCUT2D eigenvalue weighted by molar-refractivity contribution is 0.0983. The van der Waals surface area contributed by atoms with Crippen LogP contribution >= 0.6 is 12.1 Å². The van der Waals surface area contributed by atoms with E-state index in [0.29, 0.717) is 23.8 Å². The third-order valence-corrected chi connectivity index (χ3v) is 8.31. The number of alkyl halides is 1. The highest BCUT2D eigenvalue weighted by Gasteiger charge is 2.31. The van der Waals surface area contributed by atoms with Crippen LogP contribution in [0.25, 0.3) is 22.2 Å². The van der Waals surface area contributed by atoms with Crippen molar-refractivity contribution in [1.29, 1.82) is 0 Å². The fraction of sp³-hybridized carbons (Fsp3) is 0.514. The van der Waals surface area contributed by atoms with Crippen LogP contribution in [0.15, 0.2) is 55.6 Å². The molecule has 2 aliphatic rings. The molecule has 0 bridgehead atoms. The lowest BCUT2D eigenvalue weighted by Gasteiger charge is -2.24. The smallest absolute Gasteiger partial charge is 0.262 e. The number of benzene rings is 2. The van der Waals surface area contributed by atoms with E-state index < -0.39 is 0 Å². The number of rotatable bonds is 7. The summed E-state index contributed by atoms with van der Waals surface area (Å²) < 4.78 is 20.4. The highest BCUT2D eigenvalue weighted by atomic mass is 32.2. The molecule has 0 saturated heterocycles. The molecule has 4 nitrogen and oxygen atoms in total. The van der Waals surface area contributed by atoms with Crippen molar-refractivity contribution < 1.29 is 9.18 Å². The maximum absolute atomic E-state index is 13.2. The molecular weight excluding hydrogens is 529 g/mol. The first kappa shape index (κ1) is 34.6. The molecule has 1 N–H and O–H groups in total. The molecule has 1 aliphatic carbocycles. The number of carbonyl (C=O) groups excluding carboxylic acids is 1. The molecule has 1 fully saturated rings. The molecule has 1 aliphatic heterocycles. The van der Waals surface area contributed by atoms with Gasteiger partial charge in [0.15, 0.2) is 0 Å². The molecule has 1 saturated carbocycles. The third-order valence-electron chi connectivity index (χ3n) is 7.67. The van der Waals surface area contributed by atoms with E-state index >= 15 is 0 Å². The third kappa shape index (κ3) is 8.48. The first-order chi connectivity index (χ1) is 20.1. The maximum Gasteiger partial charge on any atom is 0.262 e. The monoisotopic (exact) mass is 581 g/mol. The van der Waals surface area contributed by atoms with Crippen LogP contribution in [0.4, 0.5) is 4.39 Å². The summed E-state index contributed by atoms with van der Waals surface area (Å²) in [6.45, 7) is 14.6. The molecule has 41 heavy (non-hydrogen) atoms. The van der Waals surface area contributed by atoms with Crippen LogP contribution in [-0.4, -0.2) is 35.5 Å². The van der Waals surface area contributed by atoms with Gasteiger partial charge in [-0.1, -0.05) is 77.3 Å². The minimum Gasteiger partial charge on any atom is -0.340 e. The number of aromatic nitrogens is 1. The van der Waals surface area contributed by atoms with Gasteiger partial charge in [0.05, 0.1) is 12.4 Å². The summed E-state index contributed by atoms with van der Waals surface area (Å²) in [5.41, 5.74) is 7.32. The number of amides is 1. The standard InChI is InChI=1S/C29H36FN3OS.2C2H6.C2H4/c1-32(2)35-31-29(34)23-14-15-25-26(18-23)33-19-20(9-8-16-30)17-22-12-6-7-13-24(22)28(33)27(25)21-10-4-3-5-11-21;3*1-2/h6-7,12-15,18,20-21H,3-5,8-11,16-17,19H2,1-2H3,(H,31,34);2*1-2H3;1-2H2. The highest BCUT2D eigenvalue weighted by Crippen LogP contribution is 2.47. The lowest BCUT2D eigenvalue weighted by Crippen LogP contribution is -2.20. The zero-order valence-electron chi connectivity index (χ0n) is 26.3. The van der Waals surface area contributed by atoms with E-state index in [4.69, 9.17) is 0 Å². The first-order valence-corrected chi connectivity index (χ1v) is 16.3. The molecule has 6 heteroatoms. The quantitative estimate of drug-likeness (QED) is 0.223. The van der Waals surface area contributed by atoms with Crippen molar-refractivity contribution in [3.05, 3.63) is 72.3 Å². The molecule has 1 aromatic heterocycles. The summed E-state index contributed by atoms with van der Waals surface area (Å²) in [5, 5.41) is 1.28. The topological polar surface area (TPSA) is 37.3 Å². The second kappa shape index (κ2) is 18.1. The first-order valence-electron chi connectivity index (χ1n) is 15.5. The number of hydrogen-bond acceptors (Lipinski definition) is 3. The van der Waals surface area contributed by atoms with E-state index in [2.05, 4.69) is 58.8 Å². The predicted molar refractivity (Wildman–Crippen MR) is 178 cm³/mol. The SMILES string of the molecule is C=C.CC.CC.CN(C)SNC(=O)c1ccc2c(C3CCCCC3)c3n(c2c1)CC(CCCF)Cc1ccccc1-3. The van der Waals surface area contributed by atoms with Crippen molar-refractivity contribution in [1.82, 2.24) is 13.6 Å². The fourth-order valence-electron chi connectivity index (χ4n) is 6.12. The Hall–Kier alpha value is -2.57. The van der Waals surface area contributed by atoms with E-state index in [1.807, 2.05) is 52.2 Å². The van der Waals surface area contributed by atoms with Crippen LogP contribution in [0.2, 0.25) is 0 Å². The van der Waals surface area contributed by atoms with Gasteiger partial charge in [-0.3, -0.25) is 13.9 Å². The molecule has 0 spiro atoms. The van der Waals surface area contributed by atoms with E-state index in [0.717, 1.165) is 24.9 Å². The van der Waals surface area contributed by atoms with Crippen LogP contribution < -0.4 is 4.72 Å². The summed E-state index contributed by atoms with van der Waals surface area (Å²) >= 11 is 1.29. The Labute approximate surface area is 253 Å². The number of fused-ring (bicyclic) bond motifs is 5. The minimum atomic E-state index is -0.265. The predicted octanol–water partition coefficient (Wildman–Crippen LogP) is 9.99. The van der Waals surface area contributed by atoms with Crippen LogP contribution in [0.3, 0.4) is 0 Å². The molecule has 2 heterocycles. The van der Waals surface area contributed by atoms with Crippen LogP contribution in [0, 0.1) is 5.92 Å². The van der Waals surface area contributed by atoms with Gasteiger partial charge in [0.25, 0.3) is 5.91 Å². The summed E-state index contributed by atoms with van der Waals surface area (Å²) in [5.74, 6) is 0.843. The molecule has 226 valence electrons. The van der Waals surface area contributed by atoms with Crippen LogP contribution in [-0.2, 0) is 13.0 Å². The average Bonchev–Trinajstić information content (AvgIpc) is 3.25. The van der Waals surface area contributed by atoms with Gasteiger partial charge in [0.2, 0.25) is 0 Å². The van der Waals surface area contributed by atoms with Gasteiger partial charge in [-0.2, -0.15) is 0 Å². The second-order valence-corrected chi connectivity index (χ2v) is 11.5. The normalized spacial score (nSPS) is 16.0. The number of carbonyl (C=O) groups is 1. The van der Waals surface area contributed by atoms with Crippen molar-refractivity contribution in [3.63, 3.8) is 0 Å². The molecule has 0 radical (unpaired) electrons. The van der Waals surface area contributed by atoms with Crippen molar-refractivity contribution in [2.45, 2.75) is 91.5 Å². The molecule has 2 aromatic carbocycles. The van der Waals surface area contributed by atoms with Gasteiger partial charge >= 0.3 is 0 Å². The number of nitrogens with zero attached hydrogens (tertiary/aromatic N) is 2. The second-order valence-electron chi connectivity index (χ2n) is 10.3. The van der Waals surface area contributed by atoms with Gasteiger partial charge in [0, 0.05) is 40.7 Å². The van der Waals surface area contributed by atoms with Crippen molar-refractivity contribution >= 4 is 28.9 Å². The van der Waals surface area contributed by atoms with E-state index in [1.165, 1.54) is 72.0 Å². The minimum absolute atomic E-state index is 0.0802. The zero-order chi connectivity index (χ0) is 30.4. The molecular formula is C35H52FN3OS. The Morgan fingerprint density at radius 3 is 2.39 bits per heavy atom. The Balaban J connectivity index is 0.000000921. The average molecular weight is 582 g/mol. The summed E-state index contributed by atoms with van der Waals surface area (Å²) in [7, 11) is 3.82. The Morgan fingerprint density at radius 2 is 1.73 bits per heavy atom. The fourth-order valence-corrected chi connectivity index (χ4v) is 6.50. The van der Waals surface area contributed by atoms with E-state index in [9.17, 15) is 9.18 Å². The summed E-state index contributed by atoms with van der Waals surface area (Å²) in [6.07, 6.45) is 8.78. The Bertz CT molecular complexity index is 1220. The molecule has 5 rings (SSSR count). The molecule has 1 unspecified atom stereocenters. The summed E-state index contributed by atoms with van der Waals surface area (Å²) in [4.78, 5) is 12.9. The van der Waals surface area contributed by atoms with Gasteiger partial charge in [0.1, 0.15) is 0 Å². The number of hydrogen-bond donors (Lipinski definition) is 1. The van der Waals surface area contributed by atoms with E-state index in [1.54, 1.807) is 0 Å². The van der Waals surface area contributed by atoms with Gasteiger partial charge in [-0.15, -0.1) is 13.2 Å². The van der Waals surface area contributed by atoms with E-state index in [-0.39, 0.29) is 12.6 Å². The zero-order valence-corrected chi connectivity index (χ0v) is 27.1. The van der Waals surface area contributed by atoms with Crippen molar-refractivity contribution in [2.24, 2.45) is 5.92 Å². The maximum atomic E-state index is 13.2. The highest BCUT2D eigenvalue weighted by molar-refractivity contribution is 7.95. The molecule has 1 atom stereocenters. The number of halogens is 1. The van der Waals surface area contributed by atoms with Crippen LogP contribution in [0.5, 0.6) is 0 Å². The van der Waals surface area contributed by atoms with Gasteiger partial charge in [-0.05, 0) is 81.3 Å². The summed E-state index contributed by atoms with van der Waals surface area (Å²) in [6, 6.07) is 15.0. The van der Waals surface area contributed by atoms with Crippen molar-refractivity contribution in [3.8, 4) is 11.3 Å². The van der Waals surface area contributed by atoms with Gasteiger partial charge < -0.3 is 4.57 Å². The van der Waals surface area contributed by atoms with Gasteiger partial charge in [-0.25, -0.2) is 4.31 Å². The number of nitrogens with one attached hydrogen (secondary N) is 1.